The number of halogens is 1. The summed E-state index contributed by atoms with van der Waals surface area (Å²) in [6.07, 6.45) is -0.0665. The standard InChI is InChI=1S/C13H12O.C11H11FN2O3.3C2H6/c1-3-7-12(8-4-1)11-14-13-9-5-2-6-10-13;12-8-1-3-9(4-2-8)14-7-13(11(14)17)6-5-10(15)16;3*1-2/h1-10H,11H2;1-4H,5-7H2,(H,15,16);3*1-2H3. The number of benzene rings is 3. The third-order valence-corrected chi connectivity index (χ3v) is 4.54. The second-order valence-corrected chi connectivity index (χ2v) is 6.82. The van der Waals surface area contributed by atoms with Crippen LogP contribution in [0.4, 0.5) is 14.9 Å². The van der Waals surface area contributed by atoms with Crippen LogP contribution in [0.25, 0.3) is 0 Å². The van der Waals surface area contributed by atoms with Crippen molar-refractivity contribution in [2.75, 3.05) is 18.1 Å². The lowest BCUT2D eigenvalue weighted by Gasteiger charge is -2.41. The SMILES string of the molecule is CC.CC.CC.O=C(O)CCN1CN(c2ccc(F)cc2)C1=O.c1ccc(COc2ccccc2)cc1. The van der Waals surface area contributed by atoms with Crippen LogP contribution in [0.2, 0.25) is 0 Å². The van der Waals surface area contributed by atoms with Crippen molar-refractivity contribution in [2.45, 2.75) is 54.6 Å². The van der Waals surface area contributed by atoms with Crippen LogP contribution in [0.15, 0.2) is 84.9 Å². The Morgan fingerprint density at radius 1 is 0.838 bits per heavy atom. The van der Waals surface area contributed by atoms with Crippen LogP contribution in [0, 0.1) is 5.82 Å². The summed E-state index contributed by atoms with van der Waals surface area (Å²) < 4.78 is 18.3. The molecule has 0 radical (unpaired) electrons. The summed E-state index contributed by atoms with van der Waals surface area (Å²) in [5, 5.41) is 8.49. The second-order valence-electron chi connectivity index (χ2n) is 6.82. The minimum Gasteiger partial charge on any atom is -0.489 e. The largest absolute Gasteiger partial charge is 0.489 e. The van der Waals surface area contributed by atoms with Crippen LogP contribution in [0.3, 0.4) is 0 Å². The molecule has 6 nitrogen and oxygen atoms in total. The van der Waals surface area contributed by atoms with Crippen molar-refractivity contribution < 1.29 is 23.8 Å². The zero-order valence-electron chi connectivity index (χ0n) is 22.9. The summed E-state index contributed by atoms with van der Waals surface area (Å²) >= 11 is 0. The molecule has 1 fully saturated rings. The molecule has 0 aromatic heterocycles. The lowest BCUT2D eigenvalue weighted by Crippen LogP contribution is -2.60. The van der Waals surface area contributed by atoms with Crippen molar-refractivity contribution in [1.82, 2.24) is 4.90 Å². The molecule has 2 amide bonds. The molecule has 1 aliphatic heterocycles. The van der Waals surface area contributed by atoms with Gasteiger partial charge in [0, 0.05) is 12.2 Å². The van der Waals surface area contributed by atoms with Gasteiger partial charge in [0.25, 0.3) is 0 Å². The number of aliphatic carboxylic acids is 1. The minimum absolute atomic E-state index is 0.0665. The maximum Gasteiger partial charge on any atom is 0.327 e. The zero-order chi connectivity index (χ0) is 28.1. The molecule has 3 aromatic carbocycles. The van der Waals surface area contributed by atoms with Gasteiger partial charge in [-0.3, -0.25) is 9.69 Å². The first-order valence-electron chi connectivity index (χ1n) is 12.8. The summed E-state index contributed by atoms with van der Waals surface area (Å²) in [5.74, 6) is -0.376. The number of ether oxygens (including phenoxy) is 1. The number of nitrogens with zero attached hydrogens (tertiary/aromatic N) is 2. The van der Waals surface area contributed by atoms with E-state index in [1.54, 1.807) is 0 Å². The van der Waals surface area contributed by atoms with Crippen molar-refractivity contribution in [1.29, 1.82) is 0 Å². The van der Waals surface area contributed by atoms with Gasteiger partial charge >= 0.3 is 12.0 Å². The Labute approximate surface area is 221 Å². The van der Waals surface area contributed by atoms with E-state index < -0.39 is 5.97 Å². The Balaban J connectivity index is 0.000000590. The van der Waals surface area contributed by atoms with E-state index in [9.17, 15) is 14.0 Å². The Morgan fingerprint density at radius 2 is 1.35 bits per heavy atom. The summed E-state index contributed by atoms with van der Waals surface area (Å²) in [5.41, 5.74) is 1.80. The van der Waals surface area contributed by atoms with E-state index in [1.807, 2.05) is 90.1 Å². The summed E-state index contributed by atoms with van der Waals surface area (Å²) in [6.45, 7) is 13.2. The van der Waals surface area contributed by atoms with Crippen LogP contribution in [-0.4, -0.2) is 35.2 Å². The van der Waals surface area contributed by atoms with Gasteiger partial charge in [-0.25, -0.2) is 9.18 Å². The fourth-order valence-electron chi connectivity index (χ4n) is 2.85. The number of carbonyl (C=O) groups is 2. The molecule has 0 bridgehead atoms. The molecule has 3 aromatic rings. The molecule has 1 N–H and O–H groups in total. The first-order chi connectivity index (χ1) is 18.0. The van der Waals surface area contributed by atoms with E-state index in [4.69, 9.17) is 9.84 Å². The maximum absolute atomic E-state index is 12.7. The number of carboxylic acid groups (broad SMARTS) is 1. The summed E-state index contributed by atoms with van der Waals surface area (Å²) in [7, 11) is 0. The highest BCUT2D eigenvalue weighted by atomic mass is 19.1. The van der Waals surface area contributed by atoms with Gasteiger partial charge in [0.2, 0.25) is 0 Å². The summed E-state index contributed by atoms with van der Waals surface area (Å²) in [6, 6.07) is 25.3. The predicted molar refractivity (Wildman–Crippen MR) is 149 cm³/mol. The predicted octanol–water partition coefficient (Wildman–Crippen LogP) is 7.84. The lowest BCUT2D eigenvalue weighted by molar-refractivity contribution is -0.137. The van der Waals surface area contributed by atoms with Gasteiger partial charge in [0.15, 0.2) is 0 Å². The summed E-state index contributed by atoms with van der Waals surface area (Å²) in [4.78, 5) is 24.9. The van der Waals surface area contributed by atoms with Gasteiger partial charge in [-0.05, 0) is 42.0 Å². The molecule has 37 heavy (non-hydrogen) atoms. The monoisotopic (exact) mass is 512 g/mol. The van der Waals surface area contributed by atoms with Gasteiger partial charge in [-0.1, -0.05) is 90.1 Å². The first kappa shape index (κ1) is 33.1. The average molecular weight is 513 g/mol. The Kier molecular flexibility index (Phi) is 18.2. The normalized spacial score (nSPS) is 10.9. The van der Waals surface area contributed by atoms with Crippen molar-refractivity contribution >= 4 is 17.7 Å². The molecule has 0 aliphatic carbocycles. The number of amides is 2. The van der Waals surface area contributed by atoms with Gasteiger partial charge in [0.05, 0.1) is 6.42 Å². The van der Waals surface area contributed by atoms with Crippen molar-refractivity contribution in [3.63, 3.8) is 0 Å². The fraction of sp³-hybridized carbons (Fsp3) is 0.333. The fourth-order valence-corrected chi connectivity index (χ4v) is 2.85. The quantitative estimate of drug-likeness (QED) is 0.350. The van der Waals surface area contributed by atoms with Gasteiger partial charge in [-0.15, -0.1) is 0 Å². The number of rotatable bonds is 7. The molecule has 0 spiro atoms. The third kappa shape index (κ3) is 12.6. The highest BCUT2D eigenvalue weighted by Crippen LogP contribution is 2.23. The molecule has 4 rings (SSSR count). The van der Waals surface area contributed by atoms with Gasteiger partial charge < -0.3 is 14.7 Å². The van der Waals surface area contributed by atoms with Crippen LogP contribution < -0.4 is 9.64 Å². The van der Waals surface area contributed by atoms with Crippen LogP contribution in [-0.2, 0) is 11.4 Å². The van der Waals surface area contributed by atoms with E-state index >= 15 is 0 Å². The lowest BCUT2D eigenvalue weighted by atomic mass is 10.2. The zero-order valence-corrected chi connectivity index (χ0v) is 22.9. The van der Waals surface area contributed by atoms with Gasteiger partial charge in [0.1, 0.15) is 24.8 Å². The molecular formula is C30H41FN2O4. The Hall–Kier alpha value is -3.87. The second kappa shape index (κ2) is 20.3. The molecular weight excluding hydrogens is 471 g/mol. The average Bonchev–Trinajstić information content (AvgIpc) is 2.96. The number of carbonyl (C=O) groups excluding carboxylic acids is 1. The maximum atomic E-state index is 12.7. The molecule has 0 atom stereocenters. The van der Waals surface area contributed by atoms with E-state index in [1.165, 1.54) is 39.6 Å². The highest BCUT2D eigenvalue weighted by Gasteiger charge is 2.34. The van der Waals surface area contributed by atoms with Gasteiger partial charge in [-0.2, -0.15) is 0 Å². The van der Waals surface area contributed by atoms with E-state index in [-0.39, 0.29) is 24.8 Å². The van der Waals surface area contributed by atoms with E-state index in [2.05, 4.69) is 12.1 Å². The van der Waals surface area contributed by atoms with Crippen molar-refractivity contribution in [3.8, 4) is 5.75 Å². The topological polar surface area (TPSA) is 70.1 Å². The molecule has 7 heteroatoms. The van der Waals surface area contributed by atoms with Crippen LogP contribution in [0.1, 0.15) is 53.5 Å². The van der Waals surface area contributed by atoms with E-state index in [0.29, 0.717) is 19.0 Å². The molecule has 0 unspecified atom stereocenters. The van der Waals surface area contributed by atoms with Crippen LogP contribution >= 0.6 is 0 Å². The third-order valence-electron chi connectivity index (χ3n) is 4.54. The number of anilines is 1. The Morgan fingerprint density at radius 3 is 1.84 bits per heavy atom. The van der Waals surface area contributed by atoms with E-state index in [0.717, 1.165) is 5.75 Å². The first-order valence-corrected chi connectivity index (χ1v) is 12.8. The number of carboxylic acids is 1. The number of para-hydroxylation sites is 1. The minimum atomic E-state index is -0.932. The molecule has 1 aliphatic rings. The Bertz CT molecular complexity index is 944. The highest BCUT2D eigenvalue weighted by molar-refractivity contribution is 5.97. The molecule has 0 saturated carbocycles. The number of hydrogen-bond acceptors (Lipinski definition) is 3. The van der Waals surface area contributed by atoms with Crippen LogP contribution in [0.5, 0.6) is 5.75 Å². The smallest absolute Gasteiger partial charge is 0.327 e. The molecule has 1 saturated heterocycles. The molecule has 1 heterocycles. The van der Waals surface area contributed by atoms with Crippen molar-refractivity contribution in [2.24, 2.45) is 0 Å². The number of urea groups is 1. The number of hydrogen-bond donors (Lipinski definition) is 1. The molecule has 202 valence electrons. The van der Waals surface area contributed by atoms with Crippen molar-refractivity contribution in [3.05, 3.63) is 96.3 Å².